The van der Waals surface area contributed by atoms with Crippen molar-refractivity contribution >= 4 is 30.0 Å². The predicted octanol–water partition coefficient (Wildman–Crippen LogP) is 2.51. The van der Waals surface area contributed by atoms with Gasteiger partial charge < -0.3 is 10.4 Å². The molecule has 0 spiro atoms. The van der Waals surface area contributed by atoms with E-state index in [1.54, 1.807) is 6.07 Å². The zero-order chi connectivity index (χ0) is 11.6. The van der Waals surface area contributed by atoms with Crippen LogP contribution in [0.1, 0.15) is 18.4 Å². The number of nitrogens with one attached hydrogen (secondary N) is 1. The number of carboxylic acids is 1. The molecule has 1 aromatic rings. The van der Waals surface area contributed by atoms with Gasteiger partial charge in [-0.05, 0) is 37.1 Å². The molecule has 0 aromatic heterocycles. The lowest BCUT2D eigenvalue weighted by atomic mass is 9.89. The Morgan fingerprint density at radius 3 is 2.82 bits per heavy atom. The van der Waals surface area contributed by atoms with Gasteiger partial charge in [0.05, 0.1) is 0 Å². The van der Waals surface area contributed by atoms with Crippen molar-refractivity contribution in [2.75, 3.05) is 6.54 Å². The average molecular weight is 276 g/mol. The van der Waals surface area contributed by atoms with Crippen molar-refractivity contribution in [1.29, 1.82) is 0 Å². The van der Waals surface area contributed by atoms with Crippen LogP contribution in [0.2, 0.25) is 5.02 Å². The van der Waals surface area contributed by atoms with Crippen LogP contribution in [0.4, 0.5) is 0 Å². The summed E-state index contributed by atoms with van der Waals surface area (Å²) in [6.07, 6.45) is 2.07. The smallest absolute Gasteiger partial charge is 0.324 e. The largest absolute Gasteiger partial charge is 0.480 e. The SMILES string of the molecule is Cl.O=C(O)C1(Cc2cccc(Cl)c2)CCCN1. The summed E-state index contributed by atoms with van der Waals surface area (Å²) in [6, 6.07) is 7.38. The van der Waals surface area contributed by atoms with Crippen molar-refractivity contribution < 1.29 is 9.90 Å². The van der Waals surface area contributed by atoms with Crippen LogP contribution in [0.15, 0.2) is 24.3 Å². The van der Waals surface area contributed by atoms with Gasteiger partial charge in [-0.15, -0.1) is 12.4 Å². The highest BCUT2D eigenvalue weighted by atomic mass is 35.5. The van der Waals surface area contributed by atoms with Gasteiger partial charge in [0.25, 0.3) is 0 Å². The van der Waals surface area contributed by atoms with Crippen LogP contribution in [0.5, 0.6) is 0 Å². The molecule has 1 aliphatic rings. The molecule has 3 nitrogen and oxygen atoms in total. The monoisotopic (exact) mass is 275 g/mol. The quantitative estimate of drug-likeness (QED) is 0.891. The number of halogens is 2. The van der Waals surface area contributed by atoms with Gasteiger partial charge in [-0.3, -0.25) is 4.79 Å². The van der Waals surface area contributed by atoms with E-state index in [0.717, 1.165) is 18.5 Å². The van der Waals surface area contributed by atoms with Gasteiger partial charge in [-0.1, -0.05) is 23.7 Å². The third-order valence-corrected chi connectivity index (χ3v) is 3.28. The number of hydrogen-bond donors (Lipinski definition) is 2. The van der Waals surface area contributed by atoms with Crippen LogP contribution in [0, 0.1) is 0 Å². The Morgan fingerprint density at radius 1 is 1.53 bits per heavy atom. The molecule has 2 rings (SSSR count). The van der Waals surface area contributed by atoms with Crippen molar-refractivity contribution in [2.45, 2.75) is 24.8 Å². The Hall–Kier alpha value is -0.770. The molecule has 0 bridgehead atoms. The predicted molar refractivity (Wildman–Crippen MR) is 70.0 cm³/mol. The molecule has 1 atom stereocenters. The molecule has 17 heavy (non-hydrogen) atoms. The Morgan fingerprint density at radius 2 is 2.29 bits per heavy atom. The van der Waals surface area contributed by atoms with Crippen LogP contribution in [-0.2, 0) is 11.2 Å². The van der Waals surface area contributed by atoms with Gasteiger partial charge in [0.1, 0.15) is 5.54 Å². The molecule has 1 heterocycles. The fourth-order valence-electron chi connectivity index (χ4n) is 2.21. The van der Waals surface area contributed by atoms with Crippen LogP contribution in [-0.4, -0.2) is 23.2 Å². The summed E-state index contributed by atoms with van der Waals surface area (Å²) >= 11 is 5.89. The molecule has 5 heteroatoms. The fraction of sp³-hybridized carbons (Fsp3) is 0.417. The van der Waals surface area contributed by atoms with E-state index in [4.69, 9.17) is 11.6 Å². The lowest BCUT2D eigenvalue weighted by Crippen LogP contribution is -2.49. The van der Waals surface area contributed by atoms with Gasteiger partial charge in [0.15, 0.2) is 0 Å². The van der Waals surface area contributed by atoms with Gasteiger partial charge in [-0.2, -0.15) is 0 Å². The second-order valence-corrected chi connectivity index (χ2v) is 4.66. The second kappa shape index (κ2) is 5.71. The number of carboxylic acid groups (broad SMARTS) is 1. The summed E-state index contributed by atoms with van der Waals surface area (Å²) in [5.41, 5.74) is 0.161. The van der Waals surface area contributed by atoms with Crippen molar-refractivity contribution in [1.82, 2.24) is 5.32 Å². The molecule has 0 radical (unpaired) electrons. The molecule has 94 valence electrons. The molecule has 1 aliphatic heterocycles. The minimum atomic E-state index is -0.801. The van der Waals surface area contributed by atoms with Crippen LogP contribution >= 0.6 is 24.0 Å². The molecule has 0 amide bonds. The van der Waals surface area contributed by atoms with Crippen molar-refractivity contribution in [3.05, 3.63) is 34.9 Å². The molecule has 0 aliphatic carbocycles. The highest BCUT2D eigenvalue weighted by Gasteiger charge is 2.40. The van der Waals surface area contributed by atoms with E-state index >= 15 is 0 Å². The van der Waals surface area contributed by atoms with Crippen molar-refractivity contribution in [3.8, 4) is 0 Å². The summed E-state index contributed by atoms with van der Waals surface area (Å²) in [5.74, 6) is -0.773. The molecule has 0 saturated carbocycles. The molecule has 1 fully saturated rings. The van der Waals surface area contributed by atoms with Crippen LogP contribution in [0.3, 0.4) is 0 Å². The van der Waals surface area contributed by atoms with E-state index in [-0.39, 0.29) is 12.4 Å². The van der Waals surface area contributed by atoms with Gasteiger partial charge in [0.2, 0.25) is 0 Å². The number of hydrogen-bond acceptors (Lipinski definition) is 2. The summed E-state index contributed by atoms with van der Waals surface area (Å²) in [4.78, 5) is 11.3. The first kappa shape index (κ1) is 14.3. The van der Waals surface area contributed by atoms with E-state index in [9.17, 15) is 9.90 Å². The van der Waals surface area contributed by atoms with Gasteiger partial charge in [-0.25, -0.2) is 0 Å². The van der Waals surface area contributed by atoms with E-state index in [1.165, 1.54) is 0 Å². The molecule has 1 aromatic carbocycles. The minimum absolute atomic E-state index is 0. The van der Waals surface area contributed by atoms with E-state index in [2.05, 4.69) is 5.32 Å². The third kappa shape index (κ3) is 3.12. The van der Waals surface area contributed by atoms with Crippen molar-refractivity contribution in [3.63, 3.8) is 0 Å². The maximum absolute atomic E-state index is 11.3. The number of aliphatic carboxylic acids is 1. The standard InChI is InChI=1S/C12H14ClNO2.ClH/c13-10-4-1-3-9(7-10)8-12(11(15)16)5-2-6-14-12;/h1,3-4,7,14H,2,5-6,8H2,(H,15,16);1H. The van der Waals surface area contributed by atoms with E-state index in [1.807, 2.05) is 18.2 Å². The minimum Gasteiger partial charge on any atom is -0.480 e. The van der Waals surface area contributed by atoms with E-state index in [0.29, 0.717) is 17.9 Å². The van der Waals surface area contributed by atoms with Crippen LogP contribution < -0.4 is 5.32 Å². The fourth-order valence-corrected chi connectivity index (χ4v) is 2.42. The molecular weight excluding hydrogens is 261 g/mol. The maximum Gasteiger partial charge on any atom is 0.324 e. The first-order chi connectivity index (χ1) is 7.62. The summed E-state index contributed by atoms with van der Waals surface area (Å²) in [5, 5.41) is 13.0. The Labute approximate surface area is 112 Å². The highest BCUT2D eigenvalue weighted by molar-refractivity contribution is 6.30. The number of benzene rings is 1. The number of carbonyl (C=O) groups is 1. The first-order valence-corrected chi connectivity index (χ1v) is 5.73. The molecule has 2 N–H and O–H groups in total. The number of rotatable bonds is 3. The maximum atomic E-state index is 11.3. The summed E-state index contributed by atoms with van der Waals surface area (Å²) in [6.45, 7) is 0.771. The van der Waals surface area contributed by atoms with E-state index < -0.39 is 11.5 Å². The van der Waals surface area contributed by atoms with Gasteiger partial charge in [0, 0.05) is 11.4 Å². The lowest BCUT2D eigenvalue weighted by molar-refractivity contribution is -0.144. The topological polar surface area (TPSA) is 49.3 Å². The summed E-state index contributed by atoms with van der Waals surface area (Å²) in [7, 11) is 0. The lowest BCUT2D eigenvalue weighted by Gasteiger charge is -2.24. The third-order valence-electron chi connectivity index (χ3n) is 3.05. The molecule has 1 unspecified atom stereocenters. The molecule has 1 saturated heterocycles. The first-order valence-electron chi connectivity index (χ1n) is 5.35. The Balaban J connectivity index is 0.00000144. The highest BCUT2D eigenvalue weighted by Crippen LogP contribution is 2.25. The Bertz CT molecular complexity index is 403. The second-order valence-electron chi connectivity index (χ2n) is 4.22. The normalized spacial score (nSPS) is 23.1. The average Bonchev–Trinajstić information content (AvgIpc) is 2.67. The zero-order valence-corrected chi connectivity index (χ0v) is 10.9. The Kier molecular flexibility index (Phi) is 4.80. The van der Waals surface area contributed by atoms with Gasteiger partial charge >= 0.3 is 5.97 Å². The van der Waals surface area contributed by atoms with Crippen molar-refractivity contribution in [2.24, 2.45) is 0 Å². The van der Waals surface area contributed by atoms with Crippen LogP contribution in [0.25, 0.3) is 0 Å². The zero-order valence-electron chi connectivity index (χ0n) is 9.28. The molecular formula is C12H15Cl2NO2. The summed E-state index contributed by atoms with van der Waals surface area (Å²) < 4.78 is 0.